The number of amides is 1. The molecule has 1 aromatic heterocycles. The Balaban J connectivity index is 2.19. The normalized spacial score (nSPS) is 19.5. The van der Waals surface area contributed by atoms with Crippen LogP contribution in [0, 0.1) is 6.92 Å². The summed E-state index contributed by atoms with van der Waals surface area (Å²) < 4.78 is 6.77. The predicted octanol–water partition coefficient (Wildman–Crippen LogP) is 0.0442. The van der Waals surface area contributed by atoms with Gasteiger partial charge in [0.2, 0.25) is 0 Å². The second kappa shape index (κ2) is 5.40. The lowest BCUT2D eigenvalue weighted by Gasteiger charge is -2.34. The number of carbonyl (C=O) groups is 2. The molecule has 19 heavy (non-hydrogen) atoms. The van der Waals surface area contributed by atoms with Gasteiger partial charge in [0.15, 0.2) is 0 Å². The highest BCUT2D eigenvalue weighted by Gasteiger charge is 2.31. The summed E-state index contributed by atoms with van der Waals surface area (Å²) in [6, 6.07) is 1.28. The maximum absolute atomic E-state index is 12.4. The van der Waals surface area contributed by atoms with Crippen molar-refractivity contribution in [3.8, 4) is 0 Å². The van der Waals surface area contributed by atoms with E-state index >= 15 is 0 Å². The molecule has 0 aromatic carbocycles. The van der Waals surface area contributed by atoms with E-state index in [1.54, 1.807) is 18.0 Å². The Labute approximate surface area is 110 Å². The molecular weight excluding hydrogens is 250 g/mol. The number of aryl methyl sites for hydroxylation is 2. The van der Waals surface area contributed by atoms with Gasteiger partial charge >= 0.3 is 5.97 Å². The fourth-order valence-electron chi connectivity index (χ4n) is 2.25. The molecule has 0 radical (unpaired) electrons. The van der Waals surface area contributed by atoms with Gasteiger partial charge in [0.25, 0.3) is 5.91 Å². The molecule has 1 saturated heterocycles. The van der Waals surface area contributed by atoms with Crippen LogP contribution in [0.5, 0.6) is 0 Å². The van der Waals surface area contributed by atoms with E-state index < -0.39 is 12.0 Å². The minimum Gasteiger partial charge on any atom is -0.481 e. The Bertz CT molecular complexity index is 497. The van der Waals surface area contributed by atoms with Crippen LogP contribution in [0.4, 0.5) is 0 Å². The van der Waals surface area contributed by atoms with Crippen LogP contribution in [-0.2, 0) is 16.6 Å². The fourth-order valence-corrected chi connectivity index (χ4v) is 2.25. The molecule has 104 valence electrons. The van der Waals surface area contributed by atoms with Gasteiger partial charge in [-0.2, -0.15) is 5.10 Å². The molecule has 2 rings (SSSR count). The molecule has 7 nitrogen and oxygen atoms in total. The number of nitrogens with zero attached hydrogens (tertiary/aromatic N) is 3. The summed E-state index contributed by atoms with van der Waals surface area (Å²) in [6.45, 7) is 2.90. The highest BCUT2D eigenvalue weighted by atomic mass is 16.5. The topological polar surface area (TPSA) is 84.7 Å². The monoisotopic (exact) mass is 267 g/mol. The number of carbonyl (C=O) groups excluding carboxylic acids is 1. The van der Waals surface area contributed by atoms with E-state index in [0.717, 1.165) is 5.69 Å². The van der Waals surface area contributed by atoms with E-state index in [1.807, 2.05) is 6.92 Å². The van der Waals surface area contributed by atoms with Gasteiger partial charge in [-0.25, -0.2) is 0 Å². The molecule has 1 fully saturated rings. The van der Waals surface area contributed by atoms with Gasteiger partial charge in [0.1, 0.15) is 5.69 Å². The first-order valence-corrected chi connectivity index (χ1v) is 6.10. The highest BCUT2D eigenvalue weighted by molar-refractivity contribution is 5.93. The van der Waals surface area contributed by atoms with Crippen LogP contribution in [0.2, 0.25) is 0 Å². The maximum atomic E-state index is 12.4. The Morgan fingerprint density at radius 2 is 2.32 bits per heavy atom. The van der Waals surface area contributed by atoms with Gasteiger partial charge < -0.3 is 14.7 Å². The molecule has 0 bridgehead atoms. The molecule has 0 spiro atoms. The number of carboxylic acids is 1. The minimum atomic E-state index is -0.936. The molecule has 7 heteroatoms. The first-order valence-electron chi connectivity index (χ1n) is 6.10. The summed E-state index contributed by atoms with van der Waals surface area (Å²) in [7, 11) is 1.70. The predicted molar refractivity (Wildman–Crippen MR) is 65.8 cm³/mol. The number of morpholine rings is 1. The molecule has 0 saturated carbocycles. The van der Waals surface area contributed by atoms with Gasteiger partial charge in [-0.15, -0.1) is 0 Å². The number of ether oxygens (including phenoxy) is 1. The Hall–Kier alpha value is -1.89. The number of aromatic nitrogens is 2. The molecule has 1 amide bonds. The fraction of sp³-hybridized carbons (Fsp3) is 0.583. The zero-order valence-electron chi connectivity index (χ0n) is 11.0. The van der Waals surface area contributed by atoms with Crippen LogP contribution in [0.25, 0.3) is 0 Å². The number of hydrogen-bond acceptors (Lipinski definition) is 4. The molecule has 1 aliphatic rings. The zero-order valence-corrected chi connectivity index (χ0v) is 11.0. The van der Waals surface area contributed by atoms with Crippen molar-refractivity contribution in [3.05, 3.63) is 17.5 Å². The summed E-state index contributed by atoms with van der Waals surface area (Å²) in [5.41, 5.74) is 1.23. The van der Waals surface area contributed by atoms with Gasteiger partial charge in [0.05, 0.1) is 31.4 Å². The third-order valence-electron chi connectivity index (χ3n) is 3.12. The molecule has 1 aromatic rings. The summed E-state index contributed by atoms with van der Waals surface area (Å²) in [6.07, 6.45) is -0.109. The van der Waals surface area contributed by atoms with E-state index in [2.05, 4.69) is 5.10 Å². The van der Waals surface area contributed by atoms with Crippen molar-refractivity contribution in [2.24, 2.45) is 7.05 Å². The Morgan fingerprint density at radius 3 is 2.89 bits per heavy atom. The van der Waals surface area contributed by atoms with Crippen molar-refractivity contribution >= 4 is 11.9 Å². The van der Waals surface area contributed by atoms with Crippen LogP contribution in [0.1, 0.15) is 22.6 Å². The van der Waals surface area contributed by atoms with Gasteiger partial charge in [-0.1, -0.05) is 0 Å². The number of rotatable bonds is 3. The second-order valence-electron chi connectivity index (χ2n) is 4.62. The van der Waals surface area contributed by atoms with E-state index in [1.165, 1.54) is 4.68 Å². The molecule has 1 N–H and O–H groups in total. The number of hydrogen-bond donors (Lipinski definition) is 1. The number of aliphatic carboxylic acids is 1. The zero-order chi connectivity index (χ0) is 14.0. The minimum absolute atomic E-state index is 0.109. The molecule has 0 aliphatic carbocycles. The summed E-state index contributed by atoms with van der Waals surface area (Å²) in [5.74, 6) is -1.13. The van der Waals surface area contributed by atoms with Crippen LogP contribution in [0.3, 0.4) is 0 Å². The van der Waals surface area contributed by atoms with E-state index in [9.17, 15) is 9.59 Å². The first-order chi connectivity index (χ1) is 8.99. The van der Waals surface area contributed by atoms with E-state index in [0.29, 0.717) is 18.8 Å². The Morgan fingerprint density at radius 1 is 1.58 bits per heavy atom. The van der Waals surface area contributed by atoms with Crippen molar-refractivity contribution in [2.75, 3.05) is 19.8 Å². The van der Waals surface area contributed by atoms with E-state index in [-0.39, 0.29) is 18.9 Å². The molecule has 1 unspecified atom stereocenters. The van der Waals surface area contributed by atoms with Crippen LogP contribution < -0.4 is 0 Å². The van der Waals surface area contributed by atoms with E-state index in [4.69, 9.17) is 9.84 Å². The van der Waals surface area contributed by atoms with Crippen molar-refractivity contribution in [2.45, 2.75) is 19.4 Å². The summed E-state index contributed by atoms with van der Waals surface area (Å²) >= 11 is 0. The average Bonchev–Trinajstić information content (AvgIpc) is 2.67. The first kappa shape index (κ1) is 13.5. The van der Waals surface area contributed by atoms with Crippen LogP contribution in [-0.4, -0.2) is 57.5 Å². The van der Waals surface area contributed by atoms with Gasteiger partial charge in [-0.05, 0) is 13.0 Å². The largest absolute Gasteiger partial charge is 0.481 e. The van der Waals surface area contributed by atoms with Crippen molar-refractivity contribution in [1.82, 2.24) is 14.7 Å². The highest BCUT2D eigenvalue weighted by Crippen LogP contribution is 2.15. The third-order valence-corrected chi connectivity index (χ3v) is 3.12. The third kappa shape index (κ3) is 2.93. The van der Waals surface area contributed by atoms with Crippen LogP contribution in [0.15, 0.2) is 6.07 Å². The lowest BCUT2D eigenvalue weighted by Crippen LogP contribution is -2.50. The maximum Gasteiger partial charge on any atom is 0.305 e. The van der Waals surface area contributed by atoms with Crippen molar-refractivity contribution in [3.63, 3.8) is 0 Å². The average molecular weight is 267 g/mol. The molecule has 1 aliphatic heterocycles. The standard InChI is InChI=1S/C12H17N3O4/c1-8-5-10(14(2)13-8)12(18)15-3-4-19-7-9(15)6-11(16)17/h5,9H,3-4,6-7H2,1-2H3,(H,16,17). The quantitative estimate of drug-likeness (QED) is 0.836. The second-order valence-corrected chi connectivity index (χ2v) is 4.62. The Kier molecular flexibility index (Phi) is 3.84. The van der Waals surface area contributed by atoms with Crippen molar-refractivity contribution in [1.29, 1.82) is 0 Å². The number of carboxylic acid groups (broad SMARTS) is 1. The summed E-state index contributed by atoms with van der Waals surface area (Å²) in [4.78, 5) is 24.8. The molecule has 1 atom stereocenters. The lowest BCUT2D eigenvalue weighted by atomic mass is 10.1. The van der Waals surface area contributed by atoms with Crippen LogP contribution >= 0.6 is 0 Å². The SMILES string of the molecule is Cc1cc(C(=O)N2CCOCC2CC(=O)O)n(C)n1. The lowest BCUT2D eigenvalue weighted by molar-refractivity contribution is -0.139. The van der Waals surface area contributed by atoms with Gasteiger partial charge in [0, 0.05) is 13.6 Å². The molecular formula is C12H17N3O4. The molecule has 2 heterocycles. The van der Waals surface area contributed by atoms with Crippen molar-refractivity contribution < 1.29 is 19.4 Å². The van der Waals surface area contributed by atoms with Gasteiger partial charge in [-0.3, -0.25) is 14.3 Å². The smallest absolute Gasteiger partial charge is 0.305 e. The summed E-state index contributed by atoms with van der Waals surface area (Å²) in [5, 5.41) is 13.0.